The first-order valence-electron chi connectivity index (χ1n) is 18.0. The van der Waals surface area contributed by atoms with E-state index in [0.717, 1.165) is 55.7 Å². The molecule has 11 aromatic rings. The number of para-hydroxylation sites is 1. The molecule has 0 radical (unpaired) electrons. The molecule has 0 saturated heterocycles. The third-order valence-electron chi connectivity index (χ3n) is 10.6. The first-order chi connectivity index (χ1) is 26.3. The van der Waals surface area contributed by atoms with Crippen molar-refractivity contribution < 1.29 is 4.42 Å². The number of thiophene rings is 1. The Labute approximate surface area is 310 Å². The molecule has 0 aliphatic rings. The molecule has 2 nitrogen and oxygen atoms in total. The van der Waals surface area contributed by atoms with Gasteiger partial charge in [-0.3, -0.25) is 0 Å². The minimum absolute atomic E-state index is 0.898. The highest BCUT2D eigenvalue weighted by Gasteiger charge is 2.22. The molecular weight excluding hydrogens is 663 g/mol. The quantitative estimate of drug-likeness (QED) is 0.167. The molecule has 0 amide bonds. The molecule has 0 bridgehead atoms. The molecule has 3 heteroatoms. The van der Waals surface area contributed by atoms with E-state index in [2.05, 4.69) is 181 Å². The predicted octanol–water partition coefficient (Wildman–Crippen LogP) is 15.1. The van der Waals surface area contributed by atoms with Crippen LogP contribution in [0.15, 0.2) is 192 Å². The molecule has 9 aromatic carbocycles. The van der Waals surface area contributed by atoms with Crippen LogP contribution in [-0.2, 0) is 0 Å². The van der Waals surface area contributed by atoms with Crippen molar-refractivity contribution in [3.63, 3.8) is 0 Å². The Morgan fingerprint density at radius 2 is 1.02 bits per heavy atom. The van der Waals surface area contributed by atoms with Gasteiger partial charge in [0.05, 0.1) is 16.1 Å². The van der Waals surface area contributed by atoms with Crippen molar-refractivity contribution in [3.8, 4) is 22.3 Å². The first-order valence-corrected chi connectivity index (χ1v) is 18.8. The number of hydrogen-bond acceptors (Lipinski definition) is 3. The summed E-state index contributed by atoms with van der Waals surface area (Å²) in [7, 11) is 0. The van der Waals surface area contributed by atoms with E-state index >= 15 is 0 Å². The average Bonchev–Trinajstić information content (AvgIpc) is 3.80. The Hall–Kier alpha value is -6.68. The number of nitrogens with zero attached hydrogens (tertiary/aromatic N) is 1. The molecule has 0 spiro atoms. The molecular formula is C50H31NOS. The van der Waals surface area contributed by atoms with Crippen molar-refractivity contribution in [1.29, 1.82) is 0 Å². The van der Waals surface area contributed by atoms with Gasteiger partial charge in [0, 0.05) is 37.3 Å². The molecule has 248 valence electrons. The van der Waals surface area contributed by atoms with E-state index in [9.17, 15) is 0 Å². The highest BCUT2D eigenvalue weighted by atomic mass is 32.1. The molecule has 53 heavy (non-hydrogen) atoms. The van der Waals surface area contributed by atoms with Crippen molar-refractivity contribution in [2.24, 2.45) is 0 Å². The fourth-order valence-electron chi connectivity index (χ4n) is 8.15. The monoisotopic (exact) mass is 693 g/mol. The van der Waals surface area contributed by atoms with Gasteiger partial charge in [-0.05, 0) is 93.0 Å². The van der Waals surface area contributed by atoms with Gasteiger partial charge in [-0.1, -0.05) is 133 Å². The summed E-state index contributed by atoms with van der Waals surface area (Å²) in [5.74, 6) is 0. The summed E-state index contributed by atoms with van der Waals surface area (Å²) in [4.78, 5) is 2.51. The lowest BCUT2D eigenvalue weighted by Crippen LogP contribution is -2.11. The fourth-order valence-corrected chi connectivity index (χ4v) is 9.35. The summed E-state index contributed by atoms with van der Waals surface area (Å²) in [6, 6.07) is 68.2. The van der Waals surface area contributed by atoms with Gasteiger partial charge in [0.1, 0.15) is 11.2 Å². The maximum Gasteiger partial charge on any atom is 0.135 e. The van der Waals surface area contributed by atoms with Crippen molar-refractivity contribution in [1.82, 2.24) is 0 Å². The van der Waals surface area contributed by atoms with Crippen LogP contribution in [0.3, 0.4) is 0 Å². The minimum Gasteiger partial charge on any atom is -0.456 e. The molecule has 0 unspecified atom stereocenters. The molecule has 0 aliphatic heterocycles. The van der Waals surface area contributed by atoms with Crippen molar-refractivity contribution in [3.05, 3.63) is 188 Å². The Morgan fingerprint density at radius 1 is 0.358 bits per heavy atom. The lowest BCUT2D eigenvalue weighted by molar-refractivity contribution is 0.669. The molecule has 0 fully saturated rings. The van der Waals surface area contributed by atoms with E-state index in [1.807, 2.05) is 23.5 Å². The minimum atomic E-state index is 0.898. The zero-order valence-corrected chi connectivity index (χ0v) is 29.5. The van der Waals surface area contributed by atoms with Crippen molar-refractivity contribution in [2.75, 3.05) is 4.90 Å². The van der Waals surface area contributed by atoms with Gasteiger partial charge in [-0.15, -0.1) is 11.3 Å². The van der Waals surface area contributed by atoms with Gasteiger partial charge >= 0.3 is 0 Å². The van der Waals surface area contributed by atoms with E-state index < -0.39 is 0 Å². The van der Waals surface area contributed by atoms with Crippen LogP contribution in [-0.4, -0.2) is 0 Å². The first kappa shape index (κ1) is 30.0. The second-order valence-corrected chi connectivity index (χ2v) is 14.7. The summed E-state index contributed by atoms with van der Waals surface area (Å²) in [6.07, 6.45) is 0. The lowest BCUT2D eigenvalue weighted by atomic mass is 9.95. The lowest BCUT2D eigenvalue weighted by Gasteiger charge is -2.29. The van der Waals surface area contributed by atoms with Crippen LogP contribution < -0.4 is 4.90 Å². The summed E-state index contributed by atoms with van der Waals surface area (Å²) in [6.45, 7) is 0. The van der Waals surface area contributed by atoms with E-state index in [1.165, 1.54) is 47.3 Å². The van der Waals surface area contributed by atoms with Crippen molar-refractivity contribution >= 4 is 92.1 Å². The third-order valence-corrected chi connectivity index (χ3v) is 11.8. The molecule has 0 aliphatic carbocycles. The predicted molar refractivity (Wildman–Crippen MR) is 227 cm³/mol. The number of fused-ring (bicyclic) bond motifs is 9. The Morgan fingerprint density at radius 3 is 1.89 bits per heavy atom. The number of furan rings is 1. The van der Waals surface area contributed by atoms with E-state index in [1.54, 1.807) is 0 Å². The van der Waals surface area contributed by atoms with E-state index in [4.69, 9.17) is 4.42 Å². The van der Waals surface area contributed by atoms with Crippen LogP contribution in [0, 0.1) is 0 Å². The number of rotatable bonds is 5. The van der Waals surface area contributed by atoms with E-state index in [-0.39, 0.29) is 0 Å². The summed E-state index contributed by atoms with van der Waals surface area (Å²) in [5.41, 5.74) is 9.85. The Bertz CT molecular complexity index is 3190. The van der Waals surface area contributed by atoms with Crippen LogP contribution in [0.1, 0.15) is 0 Å². The van der Waals surface area contributed by atoms with Crippen LogP contribution in [0.5, 0.6) is 0 Å². The third kappa shape index (κ3) is 4.86. The fraction of sp³-hybridized carbons (Fsp3) is 0. The van der Waals surface area contributed by atoms with Crippen LogP contribution in [0.4, 0.5) is 17.1 Å². The van der Waals surface area contributed by atoms with Gasteiger partial charge in [0.15, 0.2) is 0 Å². The van der Waals surface area contributed by atoms with Gasteiger partial charge in [-0.25, -0.2) is 0 Å². The SMILES string of the molecule is c1ccc(-c2cc(-c3ccc4oc5ccccc5c4c3)cc(N(c3cc4ccccc4c4ccccc34)c3cccc4c3sc3ccccc34)c2)cc1. The zero-order valence-electron chi connectivity index (χ0n) is 28.7. The molecule has 0 atom stereocenters. The second kappa shape index (κ2) is 11.9. The van der Waals surface area contributed by atoms with Crippen LogP contribution in [0.2, 0.25) is 0 Å². The molecule has 0 saturated carbocycles. The smallest absolute Gasteiger partial charge is 0.135 e. The molecule has 0 N–H and O–H groups in total. The normalized spacial score (nSPS) is 11.8. The maximum absolute atomic E-state index is 6.25. The van der Waals surface area contributed by atoms with Gasteiger partial charge in [-0.2, -0.15) is 0 Å². The summed E-state index contributed by atoms with van der Waals surface area (Å²) >= 11 is 1.87. The second-order valence-electron chi connectivity index (χ2n) is 13.7. The van der Waals surface area contributed by atoms with Gasteiger partial charge in [0.2, 0.25) is 0 Å². The molecule has 2 heterocycles. The van der Waals surface area contributed by atoms with Gasteiger partial charge in [0.25, 0.3) is 0 Å². The summed E-state index contributed by atoms with van der Waals surface area (Å²) in [5, 5.41) is 9.74. The van der Waals surface area contributed by atoms with Crippen molar-refractivity contribution in [2.45, 2.75) is 0 Å². The highest BCUT2D eigenvalue weighted by Crippen LogP contribution is 2.49. The van der Waals surface area contributed by atoms with Crippen LogP contribution in [0.25, 0.3) is 85.9 Å². The number of benzene rings is 9. The number of anilines is 3. The average molecular weight is 694 g/mol. The highest BCUT2D eigenvalue weighted by molar-refractivity contribution is 7.26. The Balaban J connectivity index is 1.24. The molecule has 11 rings (SSSR count). The standard InChI is InChI=1S/C50H31NOS/c1-2-13-32(14-3-1)35-27-36(33-25-26-48-44(30-33)41-19-8-10-23-47(41)52-48)29-37(28-35)51(45-22-12-21-43-42-20-9-11-24-49(42)53-50(43)45)46-31-34-15-4-5-16-38(34)39-17-6-7-18-40(39)46/h1-31H. The number of hydrogen-bond donors (Lipinski definition) is 0. The molecule has 2 aromatic heterocycles. The maximum atomic E-state index is 6.25. The zero-order chi connectivity index (χ0) is 34.9. The summed E-state index contributed by atoms with van der Waals surface area (Å²) < 4.78 is 8.81. The van der Waals surface area contributed by atoms with E-state index in [0.29, 0.717) is 0 Å². The van der Waals surface area contributed by atoms with Crippen LogP contribution >= 0.6 is 11.3 Å². The largest absolute Gasteiger partial charge is 0.456 e. The Kier molecular flexibility index (Phi) is 6.76. The topological polar surface area (TPSA) is 16.4 Å². The van der Waals surface area contributed by atoms with Gasteiger partial charge < -0.3 is 9.32 Å².